The average Bonchev–Trinajstić information content (AvgIpc) is 1.37. The van der Waals surface area contributed by atoms with Crippen molar-refractivity contribution in [2.45, 2.75) is 127 Å². The Balaban J connectivity index is 0.892. The van der Waals surface area contributed by atoms with E-state index >= 15 is 0 Å². The summed E-state index contributed by atoms with van der Waals surface area (Å²) in [5.74, 6) is -2.12. The van der Waals surface area contributed by atoms with Gasteiger partial charge in [0.25, 0.3) is 24.8 Å². The third-order valence-corrected chi connectivity index (χ3v) is 17.3. The van der Waals surface area contributed by atoms with Crippen molar-refractivity contribution in [2.75, 3.05) is 118 Å². The molecular weight excluding hydrogens is 1310 g/mol. The third kappa shape index (κ3) is 27.6. The van der Waals surface area contributed by atoms with E-state index in [0.29, 0.717) is 140 Å². The lowest BCUT2D eigenvalue weighted by Crippen LogP contribution is -2.51. The van der Waals surface area contributed by atoms with Crippen molar-refractivity contribution in [1.29, 1.82) is 0 Å². The second-order valence-electron chi connectivity index (χ2n) is 23.6. The summed E-state index contributed by atoms with van der Waals surface area (Å²) in [7, 11) is 0. The van der Waals surface area contributed by atoms with Crippen LogP contribution in [0.5, 0.6) is 5.75 Å². The molecule has 24 nitrogen and oxygen atoms in total. The van der Waals surface area contributed by atoms with Gasteiger partial charge in [0.05, 0.1) is 49.9 Å². The lowest BCUT2D eigenvalue weighted by Gasteiger charge is -2.33. The molecule has 3 aromatic rings. The van der Waals surface area contributed by atoms with Gasteiger partial charge >= 0.3 is 5.97 Å². The maximum atomic E-state index is 14.0. The number of piperidine rings is 1. The van der Waals surface area contributed by atoms with Crippen molar-refractivity contribution in [3.63, 3.8) is 0 Å². The number of likely N-dealkylation sites (tertiary alicyclic amines) is 2. The maximum absolute atomic E-state index is 14.0. The van der Waals surface area contributed by atoms with E-state index in [1.807, 2.05) is 19.6 Å². The number of hydrogen-bond donors (Lipinski definition) is 5. The molecule has 27 heteroatoms. The van der Waals surface area contributed by atoms with Gasteiger partial charge in [-0.3, -0.25) is 68.4 Å². The van der Waals surface area contributed by atoms with Gasteiger partial charge in [-0.05, 0) is 148 Å². The molecule has 3 fully saturated rings. The summed E-state index contributed by atoms with van der Waals surface area (Å²) in [6.45, 7) is 4.91. The van der Waals surface area contributed by atoms with Crippen LogP contribution in [0.3, 0.4) is 0 Å². The zero-order chi connectivity index (χ0) is 65.9. The van der Waals surface area contributed by atoms with Crippen LogP contribution in [-0.4, -0.2) is 231 Å². The highest BCUT2D eigenvalue weighted by molar-refractivity contribution is 14.1. The molecule has 3 saturated heterocycles. The number of carbonyl (C=O) groups is 8. The fourth-order valence-corrected chi connectivity index (χ4v) is 11.7. The number of halogens is 3. The number of ether oxygens (including phenoxy) is 3. The molecule has 2 atom stereocenters. The minimum atomic E-state index is -3.08. The van der Waals surface area contributed by atoms with Gasteiger partial charge < -0.3 is 45.1 Å². The van der Waals surface area contributed by atoms with Crippen molar-refractivity contribution < 1.29 is 66.5 Å². The van der Waals surface area contributed by atoms with E-state index < -0.39 is 55.4 Å². The van der Waals surface area contributed by atoms with Crippen LogP contribution in [0.4, 0.5) is 8.78 Å². The number of rotatable bonds is 37. The smallest absolute Gasteiger partial charge is 0.317 e. The van der Waals surface area contributed by atoms with Gasteiger partial charge in [-0.15, -0.1) is 6.42 Å². The number of alkyl halides is 2. The molecule has 1 aromatic heterocycles. The van der Waals surface area contributed by atoms with E-state index in [9.17, 15) is 52.2 Å². The molecule has 0 aliphatic carbocycles. The van der Waals surface area contributed by atoms with Crippen molar-refractivity contribution >= 4 is 88.2 Å². The second kappa shape index (κ2) is 40.8. The Kier molecular flexibility index (Phi) is 32.7. The van der Waals surface area contributed by atoms with E-state index in [1.165, 1.54) is 17.8 Å². The largest absolute Gasteiger partial charge is 0.494 e. The Bertz CT molecular complexity index is 2900. The Morgan fingerprint density at radius 1 is 0.772 bits per heavy atom. The third-order valence-electron chi connectivity index (χ3n) is 16.6. The van der Waals surface area contributed by atoms with Gasteiger partial charge in [0.1, 0.15) is 25.4 Å². The first kappa shape index (κ1) is 73.9. The highest BCUT2D eigenvalue weighted by Gasteiger charge is 2.46. The first-order valence-corrected chi connectivity index (χ1v) is 33.1. The number of aryl methyl sites for hydroxylation is 1. The predicted molar refractivity (Wildman–Crippen MR) is 350 cm³/mol. The zero-order valence-electron chi connectivity index (χ0n) is 52.6. The lowest BCUT2D eigenvalue weighted by atomic mass is 9.91. The van der Waals surface area contributed by atoms with Crippen molar-refractivity contribution in [1.82, 2.24) is 55.8 Å². The van der Waals surface area contributed by atoms with E-state index in [4.69, 9.17) is 20.6 Å². The monoisotopic (exact) mass is 1400 g/mol. The Hall–Kier alpha value is -7.13. The number of hydrazone groups is 1. The van der Waals surface area contributed by atoms with E-state index in [1.54, 1.807) is 29.3 Å². The molecular formula is C65H91F2IN12O12. The molecule has 6 rings (SSSR count). The van der Waals surface area contributed by atoms with Crippen molar-refractivity contribution in [2.24, 2.45) is 11.0 Å². The number of unbranched alkanes of at least 4 members (excludes halogenated alkanes) is 5. The molecule has 5 N–H and O–H groups in total. The summed E-state index contributed by atoms with van der Waals surface area (Å²) in [6.07, 6.45) is 19.6. The van der Waals surface area contributed by atoms with Crippen LogP contribution >= 0.6 is 22.6 Å². The van der Waals surface area contributed by atoms with Gasteiger partial charge in [0, 0.05) is 113 Å². The molecule has 5 amide bonds. The van der Waals surface area contributed by atoms with Gasteiger partial charge in [-0.1, -0.05) is 30.9 Å². The number of aliphatic carboxylic acids is 1. The molecule has 3 aliphatic rings. The number of aromatic nitrogens is 1. The van der Waals surface area contributed by atoms with E-state index in [-0.39, 0.29) is 49.8 Å². The normalized spacial score (nSPS) is 17.6. The number of carboxylic acid groups (broad SMARTS) is 1. The number of benzene rings is 2. The van der Waals surface area contributed by atoms with Crippen molar-refractivity contribution in [3.05, 3.63) is 69.4 Å². The van der Waals surface area contributed by atoms with Gasteiger partial charge in [-0.25, -0.2) is 8.78 Å². The first-order chi connectivity index (χ1) is 44.5. The predicted octanol–water partition coefficient (Wildman–Crippen LogP) is 5.07. The van der Waals surface area contributed by atoms with Crippen LogP contribution in [0, 0.1) is 21.8 Å². The van der Waals surface area contributed by atoms with Crippen LogP contribution in [0.15, 0.2) is 59.8 Å². The van der Waals surface area contributed by atoms with Crippen LogP contribution < -0.4 is 26.1 Å². The lowest BCUT2D eigenvalue weighted by molar-refractivity contribution is -0.139. The number of nitrogens with one attached hydrogen (secondary N) is 4. The molecule has 0 spiro atoms. The van der Waals surface area contributed by atoms with Gasteiger partial charge in [0.15, 0.2) is 0 Å². The summed E-state index contributed by atoms with van der Waals surface area (Å²) in [5, 5.41) is 23.4. The molecule has 92 heavy (non-hydrogen) atoms. The van der Waals surface area contributed by atoms with E-state index in [0.717, 1.165) is 85.8 Å². The summed E-state index contributed by atoms with van der Waals surface area (Å²) in [5.41, 5.74) is 5.14. The topological polar surface area (TPSA) is 277 Å². The summed E-state index contributed by atoms with van der Waals surface area (Å²) < 4.78 is 45.2. The quantitative estimate of drug-likeness (QED) is 0.00958. The minimum absolute atomic E-state index is 0.00115. The maximum Gasteiger partial charge on any atom is 0.317 e. The fourth-order valence-electron chi connectivity index (χ4n) is 11.4. The van der Waals surface area contributed by atoms with Gasteiger partial charge in [0.2, 0.25) is 23.6 Å². The SMILES string of the molecule is C#C[C@H]1CC(F)(F)CN1C(=O)CNC(=O)c1ccnc2ccc(OCCCCC3CCN(C(=O)CCCCC/C=N/NC(CCCCNC(=O)CCCc4ccc(I)cc4)NC(=O)CN4CCN(COC=O)CCN(COC=O)CCN(CC(=O)O)CC4)CC3)cc12. The molecule has 0 saturated carbocycles. The van der Waals surface area contributed by atoms with Crippen LogP contribution in [0.2, 0.25) is 0 Å². The molecule has 3 aliphatic heterocycles. The molecule has 504 valence electrons. The molecule has 0 radical (unpaired) electrons. The van der Waals surface area contributed by atoms with Crippen LogP contribution in [-0.2, 0) is 49.5 Å². The number of hydrogen-bond acceptors (Lipinski definition) is 18. The summed E-state index contributed by atoms with van der Waals surface area (Å²) in [4.78, 5) is 114. The summed E-state index contributed by atoms with van der Waals surface area (Å²) in [6, 6.07) is 14.0. The number of terminal acetylenes is 1. The second-order valence-corrected chi connectivity index (χ2v) is 24.9. The molecule has 2 aromatic carbocycles. The number of nitrogens with zero attached hydrogens (tertiary/aromatic N) is 8. The standard InChI is InChI=1S/C65H91F2IN12O12/c1-2-53-41-65(66,67)45-80(53)62(86)42-71-64(89)55-23-28-69-57-22-21-54(40-56(55)57)92-39-10-7-12-51-24-29-79(30-25-51)61(85)16-5-3-4-8-27-72-74-58(14-6-9-26-70-59(83)15-11-13-50-17-19-52(68)20-18-50)73-60(84)43-75-31-32-76(44-63(87)88)34-36-78(47-91-49-82)38-37-77(35-33-75)46-90-48-81/h1,17-23,27-28,40,48-49,51,53,58,74H,3-16,24-26,29-39,41-47H2,(H,70,83)(H,71,89)(H,73,84)(H,87,88)/b72-27+/t53-,58?/m0/s1. The van der Waals surface area contributed by atoms with Gasteiger partial charge in [-0.2, -0.15) is 5.10 Å². The Labute approximate surface area is 551 Å². The zero-order valence-corrected chi connectivity index (χ0v) is 54.8. The minimum Gasteiger partial charge on any atom is -0.494 e. The van der Waals surface area contributed by atoms with Crippen LogP contribution in [0.1, 0.15) is 119 Å². The molecule has 4 heterocycles. The number of carboxylic acids is 1. The summed E-state index contributed by atoms with van der Waals surface area (Å²) >= 11 is 2.27. The average molecular weight is 1400 g/mol. The Morgan fingerprint density at radius 2 is 1.46 bits per heavy atom. The number of pyridine rings is 1. The van der Waals surface area contributed by atoms with E-state index in [2.05, 4.69) is 84.2 Å². The molecule has 0 bridgehead atoms. The highest BCUT2D eigenvalue weighted by atomic mass is 127. The first-order valence-electron chi connectivity index (χ1n) is 32.0. The highest BCUT2D eigenvalue weighted by Crippen LogP contribution is 2.32. The van der Waals surface area contributed by atoms with Crippen LogP contribution in [0.25, 0.3) is 10.9 Å². The number of fused-ring (bicyclic) bond motifs is 1. The Morgan fingerprint density at radius 3 is 2.13 bits per heavy atom. The van der Waals surface area contributed by atoms with Crippen molar-refractivity contribution in [3.8, 4) is 18.1 Å². The number of amides is 5. The fraction of sp³-hybridized carbons (Fsp3) is 0.600. The number of carbonyl (C=O) groups excluding carboxylic acids is 7. The molecule has 1 unspecified atom stereocenters.